The molecule has 3 aromatic rings. The summed E-state index contributed by atoms with van der Waals surface area (Å²) in [5.74, 6) is 1.14. The van der Waals surface area contributed by atoms with Crippen LogP contribution >= 0.6 is 0 Å². The number of nitriles is 1. The number of aliphatic hydroxyl groups excluding tert-OH is 1. The molecule has 1 amide bonds. The number of hydrogen-bond acceptors (Lipinski definition) is 7. The van der Waals surface area contributed by atoms with Crippen LogP contribution in [0.3, 0.4) is 0 Å². The Bertz CT molecular complexity index is 1480. The largest absolute Gasteiger partial charge is 0.490 e. The number of benzene rings is 2. The van der Waals surface area contributed by atoms with Gasteiger partial charge >= 0.3 is 6.09 Å². The van der Waals surface area contributed by atoms with Crippen molar-refractivity contribution in [3.63, 3.8) is 0 Å². The Morgan fingerprint density at radius 3 is 2.70 bits per heavy atom. The number of aryl methyl sites for hydroxylation is 1. The molecule has 9 heteroatoms. The molecule has 2 saturated heterocycles. The van der Waals surface area contributed by atoms with Gasteiger partial charge in [0.25, 0.3) is 5.56 Å². The molecule has 1 saturated carbocycles. The van der Waals surface area contributed by atoms with Crippen LogP contribution in [0.1, 0.15) is 54.1 Å². The van der Waals surface area contributed by atoms with E-state index in [1.54, 1.807) is 27.7 Å². The van der Waals surface area contributed by atoms with E-state index >= 15 is 0 Å². The maximum absolute atomic E-state index is 13.6. The van der Waals surface area contributed by atoms with E-state index in [0.717, 1.165) is 24.0 Å². The van der Waals surface area contributed by atoms with Crippen LogP contribution in [-0.4, -0.2) is 57.1 Å². The summed E-state index contributed by atoms with van der Waals surface area (Å²) in [4.78, 5) is 32.0. The first kappa shape index (κ1) is 23.5. The third-order valence-electron chi connectivity index (χ3n) is 7.93. The van der Waals surface area contributed by atoms with E-state index in [4.69, 9.17) is 19.7 Å². The molecule has 0 spiro atoms. The summed E-state index contributed by atoms with van der Waals surface area (Å²) < 4.78 is 13.3. The molecule has 190 valence electrons. The van der Waals surface area contributed by atoms with Crippen LogP contribution in [0.25, 0.3) is 10.9 Å². The molecule has 3 heterocycles. The zero-order valence-electron chi connectivity index (χ0n) is 20.6. The fourth-order valence-electron chi connectivity index (χ4n) is 5.62. The number of piperidine rings is 1. The zero-order chi connectivity index (χ0) is 25.7. The number of aliphatic hydroxyl groups is 1. The molecule has 2 aromatic carbocycles. The molecular weight excluding hydrogens is 472 g/mol. The fraction of sp³-hybridized carbons (Fsp3) is 0.429. The van der Waals surface area contributed by atoms with Crippen molar-refractivity contribution in [2.45, 2.75) is 63.3 Å². The number of cyclic esters (lactones) is 1. The van der Waals surface area contributed by atoms with Gasteiger partial charge in [0.15, 0.2) is 0 Å². The average Bonchev–Trinajstić information content (AvgIpc) is 3.26. The average molecular weight is 501 g/mol. The highest BCUT2D eigenvalue weighted by molar-refractivity contribution is 5.81. The summed E-state index contributed by atoms with van der Waals surface area (Å²) >= 11 is 0. The number of rotatable bonds is 5. The number of ether oxygens (including phenoxy) is 2. The maximum Gasteiger partial charge on any atom is 0.410 e. The lowest BCUT2D eigenvalue weighted by atomic mass is 9.76. The van der Waals surface area contributed by atoms with Gasteiger partial charge in [0.1, 0.15) is 24.3 Å². The van der Waals surface area contributed by atoms with Gasteiger partial charge in [-0.15, -0.1) is 0 Å². The Balaban J connectivity index is 1.36. The first-order valence-electron chi connectivity index (χ1n) is 12.7. The monoisotopic (exact) mass is 500 g/mol. The van der Waals surface area contributed by atoms with E-state index < -0.39 is 6.10 Å². The number of hydrogen-bond donors (Lipinski definition) is 1. The standard InChI is InChI=1S/C28H28N4O5/c1-16-30-24-11-22(21-6-7-25(21)33)26(37-20-8-9-31-19(10-20)15-36-28(31)35)12-23(24)27(34)32(16)14-18-4-2-17(13-29)3-5-18/h2-5,11-12,19-21,25,33H,6-10,14-15H2,1H3/t19-,20-,21?,25?/m0/s1. The number of aromatic nitrogens is 2. The molecular formula is C28H28N4O5. The van der Waals surface area contributed by atoms with E-state index in [-0.39, 0.29) is 29.7 Å². The predicted molar refractivity (Wildman–Crippen MR) is 134 cm³/mol. The summed E-state index contributed by atoms with van der Waals surface area (Å²) in [5.41, 5.74) is 2.77. The van der Waals surface area contributed by atoms with Crippen LogP contribution in [0.4, 0.5) is 4.79 Å². The highest BCUT2D eigenvalue weighted by Crippen LogP contribution is 2.43. The molecule has 2 aliphatic heterocycles. The van der Waals surface area contributed by atoms with Gasteiger partial charge in [0.05, 0.1) is 41.2 Å². The molecule has 6 rings (SSSR count). The van der Waals surface area contributed by atoms with Crippen molar-refractivity contribution >= 4 is 17.0 Å². The van der Waals surface area contributed by atoms with Gasteiger partial charge in [-0.25, -0.2) is 9.78 Å². The second-order valence-corrected chi connectivity index (χ2v) is 10.2. The molecule has 2 unspecified atom stereocenters. The second kappa shape index (κ2) is 9.20. The molecule has 0 bridgehead atoms. The van der Waals surface area contributed by atoms with Gasteiger partial charge in [-0.2, -0.15) is 5.26 Å². The van der Waals surface area contributed by atoms with E-state index in [2.05, 4.69) is 6.07 Å². The van der Waals surface area contributed by atoms with Crippen molar-refractivity contribution in [2.24, 2.45) is 0 Å². The van der Waals surface area contributed by atoms with Crippen molar-refractivity contribution in [3.05, 3.63) is 69.3 Å². The van der Waals surface area contributed by atoms with Gasteiger partial charge in [-0.05, 0) is 49.6 Å². The minimum atomic E-state index is -0.444. The van der Waals surface area contributed by atoms with Crippen LogP contribution in [0.5, 0.6) is 5.75 Å². The first-order valence-corrected chi connectivity index (χ1v) is 12.7. The van der Waals surface area contributed by atoms with Gasteiger partial charge in [0, 0.05) is 30.9 Å². The zero-order valence-corrected chi connectivity index (χ0v) is 20.6. The molecule has 1 N–H and O–H groups in total. The number of carbonyl (C=O) groups is 1. The van der Waals surface area contributed by atoms with Crippen LogP contribution < -0.4 is 10.3 Å². The van der Waals surface area contributed by atoms with E-state index in [0.29, 0.717) is 60.6 Å². The lowest BCUT2D eigenvalue weighted by molar-refractivity contribution is 0.0598. The van der Waals surface area contributed by atoms with E-state index in [9.17, 15) is 14.7 Å². The van der Waals surface area contributed by atoms with Crippen LogP contribution in [0.2, 0.25) is 0 Å². The van der Waals surface area contributed by atoms with Crippen molar-refractivity contribution in [3.8, 4) is 11.8 Å². The molecule has 4 atom stereocenters. The van der Waals surface area contributed by atoms with Gasteiger partial charge < -0.3 is 19.5 Å². The third kappa shape index (κ3) is 4.21. The summed E-state index contributed by atoms with van der Waals surface area (Å²) in [6.45, 7) is 3.09. The predicted octanol–water partition coefficient (Wildman–Crippen LogP) is 3.23. The SMILES string of the molecule is Cc1nc2cc(C3CCC3O)c(O[C@H]3CCN4C(=O)OC[C@@H]4C3)cc2c(=O)n1Cc1ccc(C#N)cc1. The highest BCUT2D eigenvalue weighted by atomic mass is 16.6. The van der Waals surface area contributed by atoms with Crippen LogP contribution in [-0.2, 0) is 11.3 Å². The summed E-state index contributed by atoms with van der Waals surface area (Å²) in [5, 5.41) is 20.0. The van der Waals surface area contributed by atoms with E-state index in [1.165, 1.54) is 0 Å². The third-order valence-corrected chi connectivity index (χ3v) is 7.93. The molecule has 3 fully saturated rings. The maximum atomic E-state index is 13.6. The lowest BCUT2D eigenvalue weighted by Gasteiger charge is -2.36. The summed E-state index contributed by atoms with van der Waals surface area (Å²) in [6.07, 6.45) is 2.08. The fourth-order valence-corrected chi connectivity index (χ4v) is 5.62. The van der Waals surface area contributed by atoms with Gasteiger partial charge in [-0.3, -0.25) is 9.36 Å². The lowest BCUT2D eigenvalue weighted by Crippen LogP contribution is -2.44. The number of carbonyl (C=O) groups excluding carboxylic acids is 1. The van der Waals surface area contributed by atoms with Gasteiger partial charge in [-0.1, -0.05) is 12.1 Å². The Morgan fingerprint density at radius 1 is 1.19 bits per heavy atom. The van der Waals surface area contributed by atoms with Crippen molar-refractivity contribution in [1.29, 1.82) is 5.26 Å². The van der Waals surface area contributed by atoms with Gasteiger partial charge in [0.2, 0.25) is 0 Å². The Labute approximate surface area is 213 Å². The quantitative estimate of drug-likeness (QED) is 0.572. The van der Waals surface area contributed by atoms with Crippen LogP contribution in [0.15, 0.2) is 41.2 Å². The Hall–Kier alpha value is -3.90. The summed E-state index contributed by atoms with van der Waals surface area (Å²) in [6, 6.07) is 12.9. The molecule has 1 aromatic heterocycles. The Morgan fingerprint density at radius 2 is 2.00 bits per heavy atom. The van der Waals surface area contributed by atoms with Crippen molar-refractivity contribution in [1.82, 2.24) is 14.5 Å². The van der Waals surface area contributed by atoms with Crippen molar-refractivity contribution in [2.75, 3.05) is 13.2 Å². The molecule has 37 heavy (non-hydrogen) atoms. The molecule has 9 nitrogen and oxygen atoms in total. The summed E-state index contributed by atoms with van der Waals surface area (Å²) in [7, 11) is 0. The highest BCUT2D eigenvalue weighted by Gasteiger charge is 2.40. The number of nitrogens with zero attached hydrogens (tertiary/aromatic N) is 4. The Kier molecular flexibility index (Phi) is 5.84. The molecule has 3 aliphatic rings. The van der Waals surface area contributed by atoms with E-state index in [1.807, 2.05) is 25.1 Å². The minimum absolute atomic E-state index is 0.00147. The topological polar surface area (TPSA) is 118 Å². The number of fused-ring (bicyclic) bond motifs is 2. The first-order chi connectivity index (χ1) is 17.9. The normalized spacial score (nSPS) is 24.8. The second-order valence-electron chi connectivity index (χ2n) is 10.2. The van der Waals surface area contributed by atoms with Crippen LogP contribution in [0, 0.1) is 18.3 Å². The smallest absolute Gasteiger partial charge is 0.410 e. The van der Waals surface area contributed by atoms with Crippen molar-refractivity contribution < 1.29 is 19.4 Å². The number of amides is 1. The molecule has 1 aliphatic carbocycles. The molecule has 0 radical (unpaired) electrons. The minimum Gasteiger partial charge on any atom is -0.490 e.